The van der Waals surface area contributed by atoms with Crippen molar-refractivity contribution in [1.82, 2.24) is 9.21 Å². The van der Waals surface area contributed by atoms with E-state index < -0.39 is 10.0 Å². The van der Waals surface area contributed by atoms with Gasteiger partial charge in [-0.2, -0.15) is 4.31 Å². The molecule has 1 aliphatic carbocycles. The first-order valence-corrected chi connectivity index (χ1v) is 13.1. The molecule has 2 aliphatic rings. The van der Waals surface area contributed by atoms with Gasteiger partial charge in [0.1, 0.15) is 0 Å². The topological polar surface area (TPSA) is 69.7 Å². The maximum absolute atomic E-state index is 13.1. The Balaban J connectivity index is 1.45. The summed E-state index contributed by atoms with van der Waals surface area (Å²) in [5, 5.41) is 3.14. The number of sulfonamides is 1. The molecule has 0 spiro atoms. The Morgan fingerprint density at radius 2 is 1.84 bits per heavy atom. The van der Waals surface area contributed by atoms with Crippen molar-refractivity contribution in [2.75, 3.05) is 32.0 Å². The monoisotopic (exact) mass is 475 g/mol. The van der Waals surface area contributed by atoms with Crippen LogP contribution in [0.25, 0.3) is 0 Å². The number of anilines is 1. The Morgan fingerprint density at radius 3 is 2.59 bits per heavy atom. The fraction of sp³-hybridized carbons (Fsp3) is 0.458. The maximum Gasteiger partial charge on any atom is 0.243 e. The number of nitrogens with zero attached hydrogens (tertiary/aromatic N) is 2. The molecule has 0 saturated carbocycles. The molecule has 1 N–H and O–H groups in total. The van der Waals surface area contributed by atoms with Gasteiger partial charge in [0.25, 0.3) is 0 Å². The van der Waals surface area contributed by atoms with Gasteiger partial charge in [0.2, 0.25) is 15.9 Å². The van der Waals surface area contributed by atoms with E-state index in [0.29, 0.717) is 23.8 Å². The van der Waals surface area contributed by atoms with Crippen molar-refractivity contribution in [1.29, 1.82) is 0 Å². The molecule has 172 valence electrons. The number of aryl methyl sites for hydroxylation is 1. The van der Waals surface area contributed by atoms with Gasteiger partial charge in [-0.1, -0.05) is 48.7 Å². The van der Waals surface area contributed by atoms with Crippen LogP contribution in [0.3, 0.4) is 0 Å². The fourth-order valence-electron chi connectivity index (χ4n) is 4.71. The van der Waals surface area contributed by atoms with Crippen LogP contribution in [0.2, 0.25) is 5.02 Å². The second-order valence-corrected chi connectivity index (χ2v) is 11.0. The highest BCUT2D eigenvalue weighted by atomic mass is 35.5. The molecule has 2 aromatic carbocycles. The first-order valence-electron chi connectivity index (χ1n) is 11.2. The molecule has 1 amide bonds. The molecule has 1 atom stereocenters. The molecule has 6 nitrogen and oxygen atoms in total. The van der Waals surface area contributed by atoms with E-state index in [1.165, 1.54) is 23.3 Å². The van der Waals surface area contributed by atoms with E-state index in [1.807, 2.05) is 24.1 Å². The van der Waals surface area contributed by atoms with Gasteiger partial charge in [0.05, 0.1) is 22.2 Å². The summed E-state index contributed by atoms with van der Waals surface area (Å²) in [6.45, 7) is 1.25. The quantitative estimate of drug-likeness (QED) is 0.669. The van der Waals surface area contributed by atoms with Crippen LogP contribution < -0.4 is 5.32 Å². The van der Waals surface area contributed by atoms with Gasteiger partial charge in [-0.05, 0) is 62.1 Å². The van der Waals surface area contributed by atoms with Crippen molar-refractivity contribution in [3.63, 3.8) is 0 Å². The fourth-order valence-corrected chi connectivity index (χ4v) is 6.42. The van der Waals surface area contributed by atoms with Gasteiger partial charge in [-0.25, -0.2) is 8.42 Å². The van der Waals surface area contributed by atoms with Gasteiger partial charge in [0.15, 0.2) is 0 Å². The zero-order chi connectivity index (χ0) is 22.7. The lowest BCUT2D eigenvalue weighted by atomic mass is 10.1. The largest absolute Gasteiger partial charge is 0.324 e. The van der Waals surface area contributed by atoms with Gasteiger partial charge >= 0.3 is 0 Å². The number of hydrogen-bond donors (Lipinski definition) is 1. The van der Waals surface area contributed by atoms with Crippen LogP contribution in [0.1, 0.15) is 49.3 Å². The molecule has 1 saturated heterocycles. The first-order chi connectivity index (χ1) is 15.4. The molecule has 1 unspecified atom stereocenters. The third-order valence-electron chi connectivity index (χ3n) is 6.44. The summed E-state index contributed by atoms with van der Waals surface area (Å²) in [6, 6.07) is 13.1. The zero-order valence-electron chi connectivity index (χ0n) is 18.4. The number of halogens is 1. The van der Waals surface area contributed by atoms with E-state index in [2.05, 4.69) is 17.4 Å². The number of fused-ring (bicyclic) bond motifs is 1. The SMILES string of the molecule is CN(CC(=O)Nc1cc(S(=O)(=O)N2CCCCCC2)ccc1Cl)C1CCc2ccccc21. The summed E-state index contributed by atoms with van der Waals surface area (Å²) in [4.78, 5) is 15.0. The highest BCUT2D eigenvalue weighted by Gasteiger charge is 2.28. The molecule has 0 aromatic heterocycles. The number of carbonyl (C=O) groups is 1. The number of carbonyl (C=O) groups excluding carboxylic acids is 1. The third-order valence-corrected chi connectivity index (χ3v) is 8.67. The molecule has 0 radical (unpaired) electrons. The normalized spacial score (nSPS) is 19.5. The summed E-state index contributed by atoms with van der Waals surface area (Å²) in [5.74, 6) is -0.219. The number of benzene rings is 2. The number of likely N-dealkylation sites (N-methyl/N-ethyl adjacent to an activating group) is 1. The van der Waals surface area contributed by atoms with E-state index in [9.17, 15) is 13.2 Å². The molecule has 32 heavy (non-hydrogen) atoms. The van der Waals surface area contributed by atoms with E-state index in [1.54, 1.807) is 10.4 Å². The summed E-state index contributed by atoms with van der Waals surface area (Å²) in [7, 11) is -1.68. The Labute approximate surface area is 195 Å². The standard InChI is InChI=1S/C24H30ClN3O3S/c1-27(23-13-10-18-8-4-5-9-20(18)23)17-24(29)26-22-16-19(11-12-21(22)25)32(30,31)28-14-6-2-3-7-15-28/h4-5,8-9,11-12,16,23H,2-3,6-7,10,13-15,17H2,1H3,(H,26,29). The molecule has 1 fully saturated rings. The van der Waals surface area contributed by atoms with Crippen LogP contribution >= 0.6 is 11.6 Å². The number of hydrogen-bond acceptors (Lipinski definition) is 4. The third kappa shape index (κ3) is 5.01. The van der Waals surface area contributed by atoms with Gasteiger partial charge in [0, 0.05) is 19.1 Å². The molecule has 0 bridgehead atoms. The van der Waals surface area contributed by atoms with Crippen LogP contribution in [0, 0.1) is 0 Å². The van der Waals surface area contributed by atoms with Crippen molar-refractivity contribution >= 4 is 33.2 Å². The van der Waals surface area contributed by atoms with E-state index in [-0.39, 0.29) is 23.4 Å². The number of rotatable bonds is 6. The molecule has 1 heterocycles. The second-order valence-electron chi connectivity index (χ2n) is 8.68. The zero-order valence-corrected chi connectivity index (χ0v) is 20.0. The van der Waals surface area contributed by atoms with Crippen LogP contribution in [0.5, 0.6) is 0 Å². The molecule has 4 rings (SSSR count). The molecular weight excluding hydrogens is 446 g/mol. The van der Waals surface area contributed by atoms with Crippen molar-refractivity contribution in [2.24, 2.45) is 0 Å². The molecule has 2 aromatic rings. The second kappa shape index (κ2) is 9.91. The highest BCUT2D eigenvalue weighted by molar-refractivity contribution is 7.89. The lowest BCUT2D eigenvalue weighted by Gasteiger charge is -2.25. The Kier molecular flexibility index (Phi) is 7.20. The van der Waals surface area contributed by atoms with Gasteiger partial charge in [-0.15, -0.1) is 0 Å². The molecular formula is C24H30ClN3O3S. The molecule has 8 heteroatoms. The van der Waals surface area contributed by atoms with Crippen LogP contribution in [0.15, 0.2) is 47.4 Å². The maximum atomic E-state index is 13.1. The highest BCUT2D eigenvalue weighted by Crippen LogP contribution is 2.35. The molecule has 1 aliphatic heterocycles. The predicted molar refractivity (Wildman–Crippen MR) is 127 cm³/mol. The minimum Gasteiger partial charge on any atom is -0.324 e. The van der Waals surface area contributed by atoms with Crippen molar-refractivity contribution in [3.05, 3.63) is 58.6 Å². The minimum absolute atomic E-state index is 0.164. The van der Waals surface area contributed by atoms with Crippen molar-refractivity contribution < 1.29 is 13.2 Å². The Hall–Kier alpha value is -1.93. The van der Waals surface area contributed by atoms with Crippen LogP contribution in [-0.4, -0.2) is 50.2 Å². The summed E-state index contributed by atoms with van der Waals surface area (Å²) >= 11 is 6.30. The first kappa shape index (κ1) is 23.2. The van der Waals surface area contributed by atoms with E-state index in [0.717, 1.165) is 38.5 Å². The van der Waals surface area contributed by atoms with Crippen molar-refractivity contribution in [3.8, 4) is 0 Å². The summed E-state index contributed by atoms with van der Waals surface area (Å²) in [5.41, 5.74) is 2.93. The lowest BCUT2D eigenvalue weighted by Crippen LogP contribution is -2.33. The number of amides is 1. The van der Waals surface area contributed by atoms with Crippen LogP contribution in [-0.2, 0) is 21.2 Å². The smallest absolute Gasteiger partial charge is 0.243 e. The Bertz CT molecular complexity index is 1080. The van der Waals surface area contributed by atoms with Crippen molar-refractivity contribution in [2.45, 2.75) is 49.5 Å². The van der Waals surface area contributed by atoms with E-state index in [4.69, 9.17) is 11.6 Å². The average Bonchev–Trinajstić information content (AvgIpc) is 3.00. The lowest BCUT2D eigenvalue weighted by molar-refractivity contribution is -0.117. The number of nitrogens with one attached hydrogen (secondary N) is 1. The van der Waals surface area contributed by atoms with E-state index >= 15 is 0 Å². The van der Waals surface area contributed by atoms with Gasteiger partial charge < -0.3 is 5.32 Å². The van der Waals surface area contributed by atoms with Crippen LogP contribution in [0.4, 0.5) is 5.69 Å². The summed E-state index contributed by atoms with van der Waals surface area (Å²) in [6.07, 6.45) is 5.82. The van der Waals surface area contributed by atoms with Gasteiger partial charge in [-0.3, -0.25) is 9.69 Å². The predicted octanol–water partition coefficient (Wildman–Crippen LogP) is 4.46. The Morgan fingerprint density at radius 1 is 1.12 bits per heavy atom. The minimum atomic E-state index is -3.62. The summed E-state index contributed by atoms with van der Waals surface area (Å²) < 4.78 is 27.8. The average molecular weight is 476 g/mol.